The largest absolute Gasteiger partial charge is 0.469 e. The lowest BCUT2D eigenvalue weighted by atomic mass is 9.72. The Bertz CT molecular complexity index is 371. The molecule has 1 atom stereocenters. The summed E-state index contributed by atoms with van der Waals surface area (Å²) in [6.45, 7) is 4.90. The molecule has 1 N–H and O–H groups in total. The van der Waals surface area contributed by atoms with Gasteiger partial charge in [0, 0.05) is 12.4 Å². The molecule has 0 bridgehead atoms. The van der Waals surface area contributed by atoms with Crippen LogP contribution in [0.15, 0.2) is 24.5 Å². The molecule has 88 valence electrons. The van der Waals surface area contributed by atoms with E-state index in [0.29, 0.717) is 5.56 Å². The van der Waals surface area contributed by atoms with Crippen LogP contribution in [0.3, 0.4) is 0 Å². The normalized spacial score (nSPS) is 15.3. The molecular formula is C12H17NO3. The molecule has 0 aromatic carbocycles. The molecular weight excluding hydrogens is 206 g/mol. The molecule has 0 aliphatic heterocycles. The van der Waals surface area contributed by atoms with Crippen molar-refractivity contribution in [2.75, 3.05) is 7.11 Å². The van der Waals surface area contributed by atoms with Crippen LogP contribution in [0.4, 0.5) is 0 Å². The number of aliphatic hydroxyl groups is 1. The zero-order valence-electron chi connectivity index (χ0n) is 10.0. The van der Waals surface area contributed by atoms with E-state index in [1.165, 1.54) is 7.11 Å². The Kier molecular flexibility index (Phi) is 3.33. The summed E-state index contributed by atoms with van der Waals surface area (Å²) in [5.74, 6) is -0.450. The summed E-state index contributed by atoms with van der Waals surface area (Å²) in [5.41, 5.74) is -1.69. The number of pyridine rings is 1. The lowest BCUT2D eigenvalue weighted by molar-refractivity contribution is -0.167. The van der Waals surface area contributed by atoms with E-state index in [1.807, 2.05) is 0 Å². The molecule has 1 aromatic rings. The summed E-state index contributed by atoms with van der Waals surface area (Å²) >= 11 is 0. The third kappa shape index (κ3) is 1.93. The summed E-state index contributed by atoms with van der Waals surface area (Å²) in [5, 5.41) is 10.5. The van der Waals surface area contributed by atoms with Gasteiger partial charge in [-0.15, -0.1) is 0 Å². The van der Waals surface area contributed by atoms with Gasteiger partial charge in [0.05, 0.1) is 12.5 Å². The van der Waals surface area contributed by atoms with Gasteiger partial charge >= 0.3 is 5.97 Å². The van der Waals surface area contributed by atoms with Gasteiger partial charge in [0.2, 0.25) is 0 Å². The van der Waals surface area contributed by atoms with E-state index in [-0.39, 0.29) is 0 Å². The van der Waals surface area contributed by atoms with Gasteiger partial charge in [0.25, 0.3) is 0 Å². The Balaban J connectivity index is 3.16. The fraction of sp³-hybridized carbons (Fsp3) is 0.500. The number of hydrogen-bond acceptors (Lipinski definition) is 4. The number of methoxy groups -OCH3 is 1. The summed E-state index contributed by atoms with van der Waals surface area (Å²) in [4.78, 5) is 15.5. The Hall–Kier alpha value is -1.42. The van der Waals surface area contributed by atoms with E-state index in [2.05, 4.69) is 4.98 Å². The third-order valence-corrected chi connectivity index (χ3v) is 3.16. The number of aromatic nitrogens is 1. The van der Waals surface area contributed by atoms with E-state index >= 15 is 0 Å². The van der Waals surface area contributed by atoms with Crippen molar-refractivity contribution in [1.29, 1.82) is 0 Å². The minimum atomic E-state index is -1.30. The van der Waals surface area contributed by atoms with Crippen LogP contribution in [0.1, 0.15) is 26.3 Å². The van der Waals surface area contributed by atoms with Crippen molar-refractivity contribution in [3.05, 3.63) is 30.1 Å². The minimum Gasteiger partial charge on any atom is -0.469 e. The highest BCUT2D eigenvalue weighted by Crippen LogP contribution is 2.39. The summed E-state index contributed by atoms with van der Waals surface area (Å²) in [7, 11) is 1.31. The molecule has 0 saturated heterocycles. The van der Waals surface area contributed by atoms with Crippen LogP contribution in [-0.4, -0.2) is 23.2 Å². The predicted molar refractivity (Wildman–Crippen MR) is 59.6 cm³/mol. The Morgan fingerprint density at radius 2 is 1.81 bits per heavy atom. The van der Waals surface area contributed by atoms with E-state index in [1.54, 1.807) is 45.3 Å². The summed E-state index contributed by atoms with van der Waals surface area (Å²) in [6, 6.07) is 3.37. The second-order valence-corrected chi connectivity index (χ2v) is 4.42. The van der Waals surface area contributed by atoms with Crippen LogP contribution < -0.4 is 0 Å². The first kappa shape index (κ1) is 12.6. The van der Waals surface area contributed by atoms with E-state index in [9.17, 15) is 9.90 Å². The number of esters is 1. The second-order valence-electron chi connectivity index (χ2n) is 4.42. The van der Waals surface area contributed by atoms with Gasteiger partial charge in [-0.25, -0.2) is 0 Å². The molecule has 0 fully saturated rings. The van der Waals surface area contributed by atoms with Crippen LogP contribution >= 0.6 is 0 Å². The zero-order chi connectivity index (χ0) is 12.4. The maximum absolute atomic E-state index is 11.7. The van der Waals surface area contributed by atoms with E-state index in [4.69, 9.17) is 4.74 Å². The fourth-order valence-electron chi connectivity index (χ4n) is 1.49. The average Bonchev–Trinajstić information content (AvgIpc) is 2.28. The molecule has 0 amide bonds. The monoisotopic (exact) mass is 223 g/mol. The third-order valence-electron chi connectivity index (χ3n) is 3.16. The number of nitrogens with zero attached hydrogens (tertiary/aromatic N) is 1. The number of carbonyl (C=O) groups is 1. The Morgan fingerprint density at radius 1 is 1.31 bits per heavy atom. The smallest absolute Gasteiger partial charge is 0.314 e. The number of carbonyl (C=O) groups excluding carboxylic acids is 1. The van der Waals surface area contributed by atoms with Crippen molar-refractivity contribution in [1.82, 2.24) is 4.98 Å². The Labute approximate surface area is 95.3 Å². The van der Waals surface area contributed by atoms with Gasteiger partial charge in [-0.2, -0.15) is 0 Å². The van der Waals surface area contributed by atoms with Crippen molar-refractivity contribution in [2.24, 2.45) is 5.41 Å². The van der Waals surface area contributed by atoms with E-state index in [0.717, 1.165) is 0 Å². The quantitative estimate of drug-likeness (QED) is 0.789. The van der Waals surface area contributed by atoms with Gasteiger partial charge in [-0.05, 0) is 38.5 Å². The number of rotatable bonds is 3. The summed E-state index contributed by atoms with van der Waals surface area (Å²) < 4.78 is 4.71. The maximum Gasteiger partial charge on any atom is 0.314 e. The van der Waals surface area contributed by atoms with Crippen LogP contribution in [0.2, 0.25) is 0 Å². The molecule has 1 unspecified atom stereocenters. The molecule has 0 saturated carbocycles. The molecule has 1 heterocycles. The predicted octanol–water partition coefficient (Wildman–Crippen LogP) is 1.49. The van der Waals surface area contributed by atoms with Gasteiger partial charge in [0.15, 0.2) is 0 Å². The number of ether oxygens (including phenoxy) is 1. The lowest BCUT2D eigenvalue weighted by Crippen LogP contribution is -2.45. The van der Waals surface area contributed by atoms with Crippen LogP contribution in [0.5, 0.6) is 0 Å². The highest BCUT2D eigenvalue weighted by molar-refractivity contribution is 5.77. The molecule has 0 aliphatic rings. The highest BCUT2D eigenvalue weighted by atomic mass is 16.5. The molecule has 0 aliphatic carbocycles. The molecule has 0 spiro atoms. The van der Waals surface area contributed by atoms with Crippen molar-refractivity contribution in [3.63, 3.8) is 0 Å². The minimum absolute atomic E-state index is 0.450. The zero-order valence-corrected chi connectivity index (χ0v) is 10.0. The average molecular weight is 223 g/mol. The Morgan fingerprint density at radius 3 is 2.25 bits per heavy atom. The lowest BCUT2D eigenvalue weighted by Gasteiger charge is -2.37. The SMILES string of the molecule is COC(=O)C(C)(C)C(C)(O)c1ccncc1. The topological polar surface area (TPSA) is 59.4 Å². The second kappa shape index (κ2) is 4.22. The standard InChI is InChI=1S/C12H17NO3/c1-11(2,10(14)16-4)12(3,15)9-5-7-13-8-6-9/h5-8,15H,1-4H3. The molecule has 0 radical (unpaired) electrons. The van der Waals surface area contributed by atoms with Crippen molar-refractivity contribution in [3.8, 4) is 0 Å². The first-order valence-electron chi connectivity index (χ1n) is 5.05. The van der Waals surface area contributed by atoms with Crippen molar-refractivity contribution >= 4 is 5.97 Å². The molecule has 1 aromatic heterocycles. The number of hydrogen-bond donors (Lipinski definition) is 1. The van der Waals surface area contributed by atoms with Gasteiger partial charge in [-0.1, -0.05) is 0 Å². The molecule has 4 nitrogen and oxygen atoms in total. The van der Waals surface area contributed by atoms with Gasteiger partial charge in [-0.3, -0.25) is 9.78 Å². The maximum atomic E-state index is 11.7. The van der Waals surface area contributed by atoms with Crippen molar-refractivity contribution < 1.29 is 14.6 Å². The molecule has 4 heteroatoms. The highest BCUT2D eigenvalue weighted by Gasteiger charge is 2.47. The van der Waals surface area contributed by atoms with Gasteiger partial charge < -0.3 is 9.84 Å². The molecule has 1 rings (SSSR count). The van der Waals surface area contributed by atoms with E-state index < -0.39 is 17.0 Å². The van der Waals surface area contributed by atoms with Crippen LogP contribution in [0, 0.1) is 5.41 Å². The first-order chi connectivity index (χ1) is 7.34. The van der Waals surface area contributed by atoms with Crippen molar-refractivity contribution in [2.45, 2.75) is 26.4 Å². The first-order valence-corrected chi connectivity index (χ1v) is 5.05. The van der Waals surface area contributed by atoms with Gasteiger partial charge in [0.1, 0.15) is 5.60 Å². The van der Waals surface area contributed by atoms with Crippen LogP contribution in [-0.2, 0) is 15.1 Å². The fourth-order valence-corrected chi connectivity index (χ4v) is 1.49. The van der Waals surface area contributed by atoms with Crippen LogP contribution in [0.25, 0.3) is 0 Å². The molecule has 16 heavy (non-hydrogen) atoms. The summed E-state index contributed by atoms with van der Waals surface area (Å²) in [6.07, 6.45) is 3.16.